The summed E-state index contributed by atoms with van der Waals surface area (Å²) in [6.07, 6.45) is 2.75. The molecule has 0 spiro atoms. The van der Waals surface area contributed by atoms with Gasteiger partial charge in [0.25, 0.3) is 5.56 Å². The fraction of sp³-hybridized carbons (Fsp3) is 0.357. The standard InChI is InChI=1S/C14H15N3O2S/c18-13(5-9-3-4-20-8-9)15-11-1-2-12-10(6-11)7-14(19)17-16-12/h3-4,7-8,11H,1-2,5-6H2,(H,15,18)(H,17,19)/t11-/m0/s1. The number of H-pyrrole nitrogens is 1. The number of amides is 1. The van der Waals surface area contributed by atoms with Gasteiger partial charge in [0.15, 0.2) is 0 Å². The van der Waals surface area contributed by atoms with E-state index in [1.165, 1.54) is 0 Å². The Morgan fingerprint density at radius 1 is 1.55 bits per heavy atom. The summed E-state index contributed by atoms with van der Waals surface area (Å²) in [6.45, 7) is 0. The van der Waals surface area contributed by atoms with Crippen molar-refractivity contribution in [1.82, 2.24) is 15.5 Å². The number of nitrogens with one attached hydrogen (secondary N) is 2. The Balaban J connectivity index is 1.62. The Kier molecular flexibility index (Phi) is 3.64. The lowest BCUT2D eigenvalue weighted by molar-refractivity contribution is -0.121. The molecule has 1 amide bonds. The Morgan fingerprint density at radius 3 is 3.25 bits per heavy atom. The number of carbonyl (C=O) groups is 1. The van der Waals surface area contributed by atoms with Crippen molar-refractivity contribution in [3.63, 3.8) is 0 Å². The molecule has 0 bridgehead atoms. The van der Waals surface area contributed by atoms with E-state index in [0.717, 1.165) is 29.7 Å². The molecule has 2 aromatic heterocycles. The number of fused-ring (bicyclic) bond motifs is 1. The fourth-order valence-corrected chi connectivity index (χ4v) is 3.19. The van der Waals surface area contributed by atoms with E-state index in [1.807, 2.05) is 16.8 Å². The molecule has 1 aliphatic carbocycles. The highest BCUT2D eigenvalue weighted by Crippen LogP contribution is 2.17. The van der Waals surface area contributed by atoms with Crippen molar-refractivity contribution in [3.05, 3.63) is 50.1 Å². The first kappa shape index (κ1) is 13.1. The molecule has 104 valence electrons. The second-order valence-electron chi connectivity index (χ2n) is 5.02. The van der Waals surface area contributed by atoms with Crippen LogP contribution in [0, 0.1) is 0 Å². The van der Waals surface area contributed by atoms with Gasteiger partial charge in [0.1, 0.15) is 0 Å². The Morgan fingerprint density at radius 2 is 2.45 bits per heavy atom. The molecule has 0 saturated carbocycles. The third-order valence-electron chi connectivity index (χ3n) is 3.48. The van der Waals surface area contributed by atoms with E-state index in [2.05, 4.69) is 15.5 Å². The molecule has 1 aliphatic rings. The summed E-state index contributed by atoms with van der Waals surface area (Å²) >= 11 is 1.59. The summed E-state index contributed by atoms with van der Waals surface area (Å²) in [5.74, 6) is 0.0367. The zero-order valence-corrected chi connectivity index (χ0v) is 11.7. The van der Waals surface area contributed by atoms with Gasteiger partial charge in [-0.3, -0.25) is 9.59 Å². The van der Waals surface area contributed by atoms with Crippen molar-refractivity contribution >= 4 is 17.2 Å². The second kappa shape index (κ2) is 5.58. The van der Waals surface area contributed by atoms with Crippen molar-refractivity contribution in [2.75, 3.05) is 0 Å². The topological polar surface area (TPSA) is 74.8 Å². The van der Waals surface area contributed by atoms with Crippen LogP contribution in [-0.4, -0.2) is 22.1 Å². The third kappa shape index (κ3) is 2.96. The number of nitrogens with zero attached hydrogens (tertiary/aromatic N) is 1. The number of hydrogen-bond donors (Lipinski definition) is 2. The van der Waals surface area contributed by atoms with Crippen molar-refractivity contribution in [1.29, 1.82) is 0 Å². The number of aromatic nitrogens is 2. The third-order valence-corrected chi connectivity index (χ3v) is 4.21. The van der Waals surface area contributed by atoms with E-state index in [4.69, 9.17) is 0 Å². The average molecular weight is 289 g/mol. The van der Waals surface area contributed by atoms with E-state index in [9.17, 15) is 9.59 Å². The van der Waals surface area contributed by atoms with Gasteiger partial charge in [-0.05, 0) is 47.2 Å². The van der Waals surface area contributed by atoms with Crippen LogP contribution in [0.1, 0.15) is 23.2 Å². The maximum atomic E-state index is 12.0. The lowest BCUT2D eigenvalue weighted by Gasteiger charge is -2.24. The normalized spacial score (nSPS) is 17.5. The molecule has 1 atom stereocenters. The second-order valence-corrected chi connectivity index (χ2v) is 5.80. The van der Waals surface area contributed by atoms with Crippen LogP contribution in [-0.2, 0) is 24.1 Å². The van der Waals surface area contributed by atoms with Crippen molar-refractivity contribution in [2.45, 2.75) is 31.7 Å². The van der Waals surface area contributed by atoms with E-state index in [0.29, 0.717) is 12.8 Å². The first-order valence-corrected chi connectivity index (χ1v) is 7.53. The van der Waals surface area contributed by atoms with Gasteiger partial charge >= 0.3 is 0 Å². The first-order chi connectivity index (χ1) is 9.70. The summed E-state index contributed by atoms with van der Waals surface area (Å²) in [5, 5.41) is 13.5. The summed E-state index contributed by atoms with van der Waals surface area (Å²) in [5.41, 5.74) is 2.74. The zero-order chi connectivity index (χ0) is 13.9. The molecule has 5 nitrogen and oxygen atoms in total. The number of rotatable bonds is 3. The predicted molar refractivity (Wildman–Crippen MR) is 76.8 cm³/mol. The molecule has 0 fully saturated rings. The number of aromatic amines is 1. The number of hydrogen-bond acceptors (Lipinski definition) is 4. The summed E-state index contributed by atoms with van der Waals surface area (Å²) in [7, 11) is 0. The summed E-state index contributed by atoms with van der Waals surface area (Å²) in [4.78, 5) is 23.2. The minimum Gasteiger partial charge on any atom is -0.353 e. The summed E-state index contributed by atoms with van der Waals surface area (Å²) < 4.78 is 0. The van der Waals surface area contributed by atoms with Crippen molar-refractivity contribution in [3.8, 4) is 0 Å². The van der Waals surface area contributed by atoms with Gasteiger partial charge in [-0.25, -0.2) is 5.10 Å². The van der Waals surface area contributed by atoms with Crippen LogP contribution < -0.4 is 10.9 Å². The Bertz CT molecular complexity index is 663. The van der Waals surface area contributed by atoms with Crippen LogP contribution in [0.2, 0.25) is 0 Å². The molecule has 2 heterocycles. The number of thiophene rings is 1. The number of aryl methyl sites for hydroxylation is 1. The molecule has 6 heteroatoms. The van der Waals surface area contributed by atoms with Gasteiger partial charge in [-0.1, -0.05) is 0 Å². The molecule has 0 unspecified atom stereocenters. The van der Waals surface area contributed by atoms with Crippen LogP contribution in [0.25, 0.3) is 0 Å². The largest absolute Gasteiger partial charge is 0.353 e. The molecular weight excluding hydrogens is 274 g/mol. The van der Waals surface area contributed by atoms with Gasteiger partial charge in [-0.2, -0.15) is 16.4 Å². The minimum absolute atomic E-state index is 0.0367. The molecule has 0 saturated heterocycles. The number of carbonyl (C=O) groups excluding carboxylic acids is 1. The van der Waals surface area contributed by atoms with E-state index >= 15 is 0 Å². The maximum Gasteiger partial charge on any atom is 0.264 e. The molecule has 20 heavy (non-hydrogen) atoms. The zero-order valence-electron chi connectivity index (χ0n) is 10.9. The molecule has 0 radical (unpaired) electrons. The highest BCUT2D eigenvalue weighted by Gasteiger charge is 2.21. The molecule has 3 rings (SSSR count). The quantitative estimate of drug-likeness (QED) is 0.887. The minimum atomic E-state index is -0.186. The van der Waals surface area contributed by atoms with Crippen molar-refractivity contribution < 1.29 is 4.79 Å². The lowest BCUT2D eigenvalue weighted by atomic mass is 9.92. The summed E-state index contributed by atoms with van der Waals surface area (Å²) in [6, 6.07) is 3.64. The van der Waals surface area contributed by atoms with Crippen molar-refractivity contribution in [2.24, 2.45) is 0 Å². The predicted octanol–water partition coefficient (Wildman–Crippen LogP) is 1.05. The van der Waals surface area contributed by atoms with Crippen LogP contribution >= 0.6 is 11.3 Å². The Labute approximate surface area is 120 Å². The molecular formula is C14H15N3O2S. The molecule has 2 N–H and O–H groups in total. The van der Waals surface area contributed by atoms with Gasteiger partial charge in [0.2, 0.25) is 5.91 Å². The van der Waals surface area contributed by atoms with Crippen LogP contribution in [0.5, 0.6) is 0 Å². The van der Waals surface area contributed by atoms with E-state index in [1.54, 1.807) is 17.4 Å². The SMILES string of the molecule is O=C(Cc1ccsc1)N[C@H]1CCc2n[nH]c(=O)cc2C1. The van der Waals surface area contributed by atoms with Gasteiger partial charge in [0, 0.05) is 12.1 Å². The molecule has 0 aliphatic heterocycles. The van der Waals surface area contributed by atoms with Gasteiger partial charge < -0.3 is 5.32 Å². The van der Waals surface area contributed by atoms with Gasteiger partial charge in [-0.15, -0.1) is 0 Å². The first-order valence-electron chi connectivity index (χ1n) is 6.58. The maximum absolute atomic E-state index is 12.0. The highest BCUT2D eigenvalue weighted by atomic mass is 32.1. The van der Waals surface area contributed by atoms with Gasteiger partial charge in [0.05, 0.1) is 12.1 Å². The highest BCUT2D eigenvalue weighted by molar-refractivity contribution is 7.07. The Hall–Kier alpha value is -1.95. The van der Waals surface area contributed by atoms with E-state index in [-0.39, 0.29) is 17.5 Å². The van der Waals surface area contributed by atoms with Crippen LogP contribution in [0.15, 0.2) is 27.7 Å². The van der Waals surface area contributed by atoms with E-state index < -0.39 is 0 Å². The lowest BCUT2D eigenvalue weighted by Crippen LogP contribution is -2.40. The molecule has 2 aromatic rings. The van der Waals surface area contributed by atoms with Crippen LogP contribution in [0.3, 0.4) is 0 Å². The average Bonchev–Trinajstić information content (AvgIpc) is 2.91. The smallest absolute Gasteiger partial charge is 0.264 e. The van der Waals surface area contributed by atoms with Crippen LogP contribution in [0.4, 0.5) is 0 Å². The monoisotopic (exact) mass is 289 g/mol. The molecule has 0 aromatic carbocycles. The fourth-order valence-electron chi connectivity index (χ4n) is 2.52.